The molecule has 0 bridgehead atoms. The monoisotopic (exact) mass is 348 g/mol. The van der Waals surface area contributed by atoms with Gasteiger partial charge in [-0.25, -0.2) is 0 Å². The van der Waals surface area contributed by atoms with Gasteiger partial charge < -0.3 is 14.8 Å². The van der Waals surface area contributed by atoms with Gasteiger partial charge in [-0.3, -0.25) is 9.36 Å². The predicted octanol–water partition coefficient (Wildman–Crippen LogP) is 2.31. The topological polar surface area (TPSA) is 52.5 Å². The second-order valence-corrected chi connectivity index (χ2v) is 5.89. The normalized spacial score (nSPS) is 15.9. The van der Waals surface area contributed by atoms with E-state index in [1.807, 2.05) is 6.07 Å². The molecule has 2 aliphatic heterocycles. The maximum absolute atomic E-state index is 12.8. The van der Waals surface area contributed by atoms with Crippen molar-refractivity contribution in [3.8, 4) is 11.5 Å². The van der Waals surface area contributed by atoms with Crippen molar-refractivity contribution in [3.05, 3.63) is 45.7 Å². The molecular weight excluding hydrogens is 336 g/mol. The third kappa shape index (κ3) is 2.06. The fraction of sp³-hybridized carbons (Fsp3) is 0.267. The average molecular weight is 349 g/mol. The van der Waals surface area contributed by atoms with Crippen molar-refractivity contribution in [2.75, 3.05) is 13.3 Å². The number of nitrogens with one attached hydrogen (secondary N) is 1. The molecule has 0 saturated carbocycles. The molecule has 0 unspecified atom stereocenters. The highest BCUT2D eigenvalue weighted by Gasteiger charge is 2.23. The smallest absolute Gasteiger partial charge is 0.263 e. The summed E-state index contributed by atoms with van der Waals surface area (Å²) in [5.74, 6) is 1.26. The minimum Gasteiger partial charge on any atom is -0.454 e. The number of ether oxygens (including phenoxy) is 2. The van der Waals surface area contributed by atoms with Crippen molar-refractivity contribution in [2.45, 2.75) is 13.0 Å². The van der Waals surface area contributed by atoms with Gasteiger partial charge in [0.1, 0.15) is 0 Å². The van der Waals surface area contributed by atoms with Gasteiger partial charge in [-0.15, -0.1) is 0 Å². The molecule has 2 aromatic rings. The zero-order valence-electron chi connectivity index (χ0n) is 11.2. The molecule has 0 fully saturated rings. The quantitative estimate of drug-likeness (QED) is 0.859. The van der Waals surface area contributed by atoms with Crippen LogP contribution in [0.3, 0.4) is 0 Å². The molecule has 21 heavy (non-hydrogen) atoms. The number of carbonyl (C=O) groups is 1. The highest BCUT2D eigenvalue weighted by molar-refractivity contribution is 9.10. The van der Waals surface area contributed by atoms with Gasteiger partial charge in [0.05, 0.1) is 4.60 Å². The van der Waals surface area contributed by atoms with Crippen LogP contribution in [0.2, 0.25) is 0 Å². The summed E-state index contributed by atoms with van der Waals surface area (Å²) in [6.45, 7) is 1.90. The molecule has 0 saturated heterocycles. The molecule has 4 rings (SSSR count). The lowest BCUT2D eigenvalue weighted by molar-refractivity contribution is 0.0954. The van der Waals surface area contributed by atoms with Gasteiger partial charge in [0.25, 0.3) is 5.91 Å². The van der Waals surface area contributed by atoms with E-state index < -0.39 is 0 Å². The lowest BCUT2D eigenvalue weighted by Crippen LogP contribution is -2.26. The Labute approximate surface area is 130 Å². The Bertz CT molecular complexity index is 739. The van der Waals surface area contributed by atoms with Gasteiger partial charge in [0.15, 0.2) is 11.5 Å². The summed E-state index contributed by atoms with van der Waals surface area (Å²) in [6.07, 6.45) is 0.844. The molecule has 1 N–H and O–H groups in total. The maximum Gasteiger partial charge on any atom is 0.263 e. The van der Waals surface area contributed by atoms with Crippen LogP contribution in [-0.2, 0) is 13.0 Å². The minimum absolute atomic E-state index is 0.0525. The molecule has 0 amide bonds. The van der Waals surface area contributed by atoms with Gasteiger partial charge in [0.2, 0.25) is 6.79 Å². The molecule has 5 nitrogen and oxygen atoms in total. The number of halogens is 1. The van der Waals surface area contributed by atoms with E-state index in [9.17, 15) is 4.79 Å². The number of nitrogens with zero attached hydrogens (tertiary/aromatic N) is 1. The molecule has 1 aromatic heterocycles. The Morgan fingerprint density at radius 3 is 3.00 bits per heavy atom. The Balaban J connectivity index is 1.77. The highest BCUT2D eigenvalue weighted by Crippen LogP contribution is 2.33. The SMILES string of the molecule is O=C(c1ccc2c(c1)OCO2)n1c(Br)cc2c1CCNC2. The molecule has 6 heteroatoms. The van der Waals surface area contributed by atoms with Crippen molar-refractivity contribution in [3.63, 3.8) is 0 Å². The Morgan fingerprint density at radius 2 is 2.10 bits per heavy atom. The van der Waals surface area contributed by atoms with E-state index in [4.69, 9.17) is 9.47 Å². The van der Waals surface area contributed by atoms with Crippen LogP contribution < -0.4 is 14.8 Å². The van der Waals surface area contributed by atoms with Gasteiger partial charge in [-0.2, -0.15) is 0 Å². The van der Waals surface area contributed by atoms with E-state index in [0.29, 0.717) is 17.1 Å². The molecule has 1 aromatic carbocycles. The summed E-state index contributed by atoms with van der Waals surface area (Å²) in [7, 11) is 0. The number of rotatable bonds is 1. The number of fused-ring (bicyclic) bond motifs is 2. The Kier molecular flexibility index (Phi) is 3.01. The fourth-order valence-corrected chi connectivity index (χ4v) is 3.45. The second-order valence-electron chi connectivity index (χ2n) is 5.07. The average Bonchev–Trinajstić information content (AvgIpc) is 3.08. The molecule has 0 spiro atoms. The third-order valence-electron chi connectivity index (χ3n) is 3.82. The van der Waals surface area contributed by atoms with E-state index in [2.05, 4.69) is 21.2 Å². The first-order valence-electron chi connectivity index (χ1n) is 6.78. The van der Waals surface area contributed by atoms with Crippen LogP contribution in [0, 0.1) is 0 Å². The van der Waals surface area contributed by atoms with Gasteiger partial charge in [0, 0.05) is 30.8 Å². The van der Waals surface area contributed by atoms with Crippen LogP contribution in [0.1, 0.15) is 21.6 Å². The Hall–Kier alpha value is -1.79. The van der Waals surface area contributed by atoms with Gasteiger partial charge >= 0.3 is 0 Å². The maximum atomic E-state index is 12.8. The van der Waals surface area contributed by atoms with Crippen LogP contribution in [0.4, 0.5) is 0 Å². The highest BCUT2D eigenvalue weighted by atomic mass is 79.9. The number of aromatic nitrogens is 1. The summed E-state index contributed by atoms with van der Waals surface area (Å²) in [4.78, 5) is 12.8. The van der Waals surface area contributed by atoms with Gasteiger partial charge in [-0.05, 0) is 45.8 Å². The first-order valence-corrected chi connectivity index (χ1v) is 7.57. The summed E-state index contributed by atoms with van der Waals surface area (Å²) in [6, 6.07) is 7.30. The predicted molar refractivity (Wildman–Crippen MR) is 79.8 cm³/mol. The summed E-state index contributed by atoms with van der Waals surface area (Å²) >= 11 is 3.50. The Morgan fingerprint density at radius 1 is 1.24 bits per heavy atom. The lowest BCUT2D eigenvalue weighted by atomic mass is 10.1. The van der Waals surface area contributed by atoms with Crippen molar-refractivity contribution in [1.29, 1.82) is 0 Å². The van der Waals surface area contributed by atoms with Crippen molar-refractivity contribution in [1.82, 2.24) is 9.88 Å². The van der Waals surface area contributed by atoms with Crippen LogP contribution >= 0.6 is 15.9 Å². The van der Waals surface area contributed by atoms with Crippen LogP contribution in [-0.4, -0.2) is 23.8 Å². The molecule has 0 atom stereocenters. The van der Waals surface area contributed by atoms with Crippen LogP contribution in [0.15, 0.2) is 28.9 Å². The standard InChI is InChI=1S/C15H13BrN2O3/c16-14-6-10-7-17-4-3-11(10)18(14)15(19)9-1-2-12-13(5-9)21-8-20-12/h1-2,5-6,17H,3-4,7-8H2. The minimum atomic E-state index is -0.0525. The van der Waals surface area contributed by atoms with Crippen LogP contribution in [0.5, 0.6) is 11.5 Å². The van der Waals surface area contributed by atoms with E-state index in [1.54, 1.807) is 22.8 Å². The van der Waals surface area contributed by atoms with E-state index >= 15 is 0 Å². The zero-order valence-corrected chi connectivity index (χ0v) is 12.8. The number of benzene rings is 1. The number of hydrogen-bond acceptors (Lipinski definition) is 4. The van der Waals surface area contributed by atoms with Crippen molar-refractivity contribution in [2.24, 2.45) is 0 Å². The molecule has 3 heterocycles. The first kappa shape index (κ1) is 12.9. The van der Waals surface area contributed by atoms with Crippen molar-refractivity contribution >= 4 is 21.8 Å². The largest absolute Gasteiger partial charge is 0.454 e. The van der Waals surface area contributed by atoms with E-state index in [-0.39, 0.29) is 12.7 Å². The van der Waals surface area contributed by atoms with E-state index in [1.165, 1.54) is 5.56 Å². The summed E-state index contributed by atoms with van der Waals surface area (Å²) in [5.41, 5.74) is 2.84. The van der Waals surface area contributed by atoms with Crippen molar-refractivity contribution < 1.29 is 14.3 Å². The van der Waals surface area contributed by atoms with E-state index in [0.717, 1.165) is 29.8 Å². The molecule has 2 aliphatic rings. The van der Waals surface area contributed by atoms with Gasteiger partial charge in [-0.1, -0.05) is 0 Å². The summed E-state index contributed by atoms with van der Waals surface area (Å²) in [5, 5.41) is 3.31. The lowest BCUT2D eigenvalue weighted by Gasteiger charge is -2.16. The molecular formula is C15H13BrN2O3. The van der Waals surface area contributed by atoms with Crippen LogP contribution in [0.25, 0.3) is 0 Å². The first-order chi connectivity index (χ1) is 10.2. The molecule has 0 radical (unpaired) electrons. The third-order valence-corrected chi connectivity index (χ3v) is 4.41. The fourth-order valence-electron chi connectivity index (χ4n) is 2.80. The summed E-state index contributed by atoms with van der Waals surface area (Å²) < 4.78 is 13.2. The number of carbonyl (C=O) groups excluding carboxylic acids is 1. The second kappa shape index (κ2) is 4.89. The number of hydrogen-bond donors (Lipinski definition) is 1. The zero-order chi connectivity index (χ0) is 14.4. The molecule has 0 aliphatic carbocycles. The molecule has 108 valence electrons.